The minimum atomic E-state index is -2.63. The lowest BCUT2D eigenvalue weighted by Crippen LogP contribution is -2.48. The first-order valence-electron chi connectivity index (χ1n) is 6.20. The monoisotopic (exact) mass is 246 g/mol. The van der Waals surface area contributed by atoms with Gasteiger partial charge < -0.3 is 13.3 Å². The minimum absolute atomic E-state index is 0.673. The minimum Gasteiger partial charge on any atom is -0.370 e. The van der Waals surface area contributed by atoms with Crippen molar-refractivity contribution in [2.24, 2.45) is 0 Å². The molecule has 0 aromatic rings. The third-order valence-electron chi connectivity index (χ3n) is 2.01. The predicted octanol–water partition coefficient (Wildman–Crippen LogP) is 3.32. The van der Waals surface area contributed by atoms with E-state index in [-0.39, 0.29) is 0 Å². The summed E-state index contributed by atoms with van der Waals surface area (Å²) < 4.78 is 17.5. The molecule has 0 atom stereocenters. The molecule has 4 heteroatoms. The van der Waals surface area contributed by atoms with Crippen LogP contribution in [0.4, 0.5) is 0 Å². The molecule has 0 bridgehead atoms. The van der Waals surface area contributed by atoms with Gasteiger partial charge in [0, 0.05) is 19.8 Å². The van der Waals surface area contributed by atoms with Gasteiger partial charge in [-0.3, -0.25) is 0 Å². The molecular formula is C12H26O3Si. The summed E-state index contributed by atoms with van der Waals surface area (Å²) in [5, 5.41) is 0.905. The molecule has 0 saturated carbocycles. The summed E-state index contributed by atoms with van der Waals surface area (Å²) in [6.07, 6.45) is 2.90. The maximum Gasteiger partial charge on any atom is 0.532 e. The van der Waals surface area contributed by atoms with E-state index in [4.69, 9.17) is 13.3 Å². The Hall–Kier alpha value is -0.163. The highest BCUT2D eigenvalue weighted by molar-refractivity contribution is 6.68. The SMILES string of the molecule is C=C(C)[Si](OCCC)(OCCC)OCCC. The third kappa shape index (κ3) is 5.25. The van der Waals surface area contributed by atoms with E-state index in [9.17, 15) is 0 Å². The average Bonchev–Trinajstić information content (AvgIpc) is 2.28. The highest BCUT2D eigenvalue weighted by Gasteiger charge is 2.42. The van der Waals surface area contributed by atoms with E-state index in [1.165, 1.54) is 0 Å². The van der Waals surface area contributed by atoms with Crippen molar-refractivity contribution in [3.8, 4) is 0 Å². The van der Waals surface area contributed by atoms with Crippen molar-refractivity contribution in [1.29, 1.82) is 0 Å². The van der Waals surface area contributed by atoms with Gasteiger partial charge in [-0.2, -0.15) is 0 Å². The quantitative estimate of drug-likeness (QED) is 0.553. The number of hydrogen-bond donors (Lipinski definition) is 0. The summed E-state index contributed by atoms with van der Waals surface area (Å²) in [6, 6.07) is 0. The van der Waals surface area contributed by atoms with Crippen LogP contribution < -0.4 is 0 Å². The lowest BCUT2D eigenvalue weighted by molar-refractivity contribution is 0.0684. The second-order valence-electron chi connectivity index (χ2n) is 3.88. The van der Waals surface area contributed by atoms with E-state index in [1.807, 2.05) is 6.92 Å². The lowest BCUT2D eigenvalue weighted by Gasteiger charge is -2.29. The second-order valence-corrected chi connectivity index (χ2v) is 6.71. The Morgan fingerprint density at radius 3 is 1.38 bits per heavy atom. The maximum absolute atomic E-state index is 5.84. The molecule has 0 spiro atoms. The summed E-state index contributed by atoms with van der Waals surface area (Å²) >= 11 is 0. The fourth-order valence-corrected chi connectivity index (χ4v) is 3.61. The largest absolute Gasteiger partial charge is 0.532 e. The van der Waals surface area contributed by atoms with Gasteiger partial charge in [-0.15, -0.1) is 0 Å². The van der Waals surface area contributed by atoms with Crippen LogP contribution >= 0.6 is 0 Å². The zero-order valence-electron chi connectivity index (χ0n) is 11.2. The molecule has 0 aliphatic rings. The first-order valence-corrected chi connectivity index (χ1v) is 7.93. The first-order chi connectivity index (χ1) is 7.63. The van der Waals surface area contributed by atoms with Gasteiger partial charge in [-0.1, -0.05) is 27.4 Å². The smallest absolute Gasteiger partial charge is 0.370 e. The molecule has 0 N–H and O–H groups in total. The highest BCUT2D eigenvalue weighted by atomic mass is 28.4. The van der Waals surface area contributed by atoms with E-state index < -0.39 is 8.80 Å². The Kier molecular flexibility index (Phi) is 8.84. The molecule has 0 unspecified atom stereocenters. The van der Waals surface area contributed by atoms with E-state index in [1.54, 1.807) is 0 Å². The molecule has 0 radical (unpaired) electrons. The molecule has 0 rings (SSSR count). The van der Waals surface area contributed by atoms with Crippen LogP contribution in [0.2, 0.25) is 0 Å². The molecule has 16 heavy (non-hydrogen) atoms. The third-order valence-corrected chi connectivity index (χ3v) is 4.81. The van der Waals surface area contributed by atoms with Crippen LogP contribution in [-0.4, -0.2) is 28.6 Å². The summed E-state index contributed by atoms with van der Waals surface area (Å²) in [5.41, 5.74) is 0. The van der Waals surface area contributed by atoms with Gasteiger partial charge in [0.2, 0.25) is 0 Å². The van der Waals surface area contributed by atoms with E-state index >= 15 is 0 Å². The standard InChI is InChI=1S/C12H26O3Si/c1-6-9-13-16(12(4)5,14-10-7-2)15-11-8-3/h4,6-11H2,1-3,5H3. The van der Waals surface area contributed by atoms with Crippen LogP contribution in [0.3, 0.4) is 0 Å². The molecule has 0 aliphatic carbocycles. The van der Waals surface area contributed by atoms with Crippen molar-refractivity contribution < 1.29 is 13.3 Å². The second kappa shape index (κ2) is 8.93. The van der Waals surface area contributed by atoms with E-state index in [2.05, 4.69) is 27.4 Å². The Morgan fingerprint density at radius 2 is 1.19 bits per heavy atom. The summed E-state index contributed by atoms with van der Waals surface area (Å²) in [7, 11) is -2.63. The zero-order chi connectivity index (χ0) is 12.4. The van der Waals surface area contributed by atoms with Crippen LogP contribution in [0.15, 0.2) is 11.8 Å². The topological polar surface area (TPSA) is 27.7 Å². The Labute approximate surface area is 101 Å². The lowest BCUT2D eigenvalue weighted by atomic mass is 10.5. The van der Waals surface area contributed by atoms with Gasteiger partial charge in [-0.25, -0.2) is 0 Å². The molecule has 0 saturated heterocycles. The summed E-state index contributed by atoms with van der Waals surface area (Å²) in [4.78, 5) is 0. The van der Waals surface area contributed by atoms with Crippen LogP contribution in [-0.2, 0) is 13.3 Å². The summed E-state index contributed by atoms with van der Waals surface area (Å²) in [6.45, 7) is 14.2. The maximum atomic E-state index is 5.84. The van der Waals surface area contributed by atoms with Gasteiger partial charge in [-0.05, 0) is 31.4 Å². The zero-order valence-corrected chi connectivity index (χ0v) is 12.2. The Morgan fingerprint density at radius 1 is 0.875 bits per heavy atom. The van der Waals surface area contributed by atoms with Crippen molar-refractivity contribution in [1.82, 2.24) is 0 Å². The fourth-order valence-electron chi connectivity index (χ4n) is 1.20. The average molecular weight is 246 g/mol. The Bertz CT molecular complexity index is 173. The van der Waals surface area contributed by atoms with Crippen molar-refractivity contribution in [3.63, 3.8) is 0 Å². The molecule has 96 valence electrons. The molecule has 0 aliphatic heterocycles. The van der Waals surface area contributed by atoms with Gasteiger partial charge in [0.05, 0.1) is 0 Å². The van der Waals surface area contributed by atoms with Gasteiger partial charge >= 0.3 is 8.80 Å². The number of hydrogen-bond acceptors (Lipinski definition) is 3. The number of rotatable bonds is 10. The Balaban J connectivity index is 4.52. The molecule has 0 aromatic heterocycles. The van der Waals surface area contributed by atoms with Crippen molar-refractivity contribution in [3.05, 3.63) is 11.8 Å². The molecule has 0 aromatic carbocycles. The number of allylic oxidation sites excluding steroid dienone is 1. The molecule has 3 nitrogen and oxygen atoms in total. The van der Waals surface area contributed by atoms with Gasteiger partial charge in [0.1, 0.15) is 0 Å². The van der Waals surface area contributed by atoms with Crippen LogP contribution in [0, 0.1) is 0 Å². The highest BCUT2D eigenvalue weighted by Crippen LogP contribution is 2.19. The predicted molar refractivity (Wildman–Crippen MR) is 69.3 cm³/mol. The van der Waals surface area contributed by atoms with E-state index in [0.29, 0.717) is 19.8 Å². The van der Waals surface area contributed by atoms with Crippen LogP contribution in [0.5, 0.6) is 0 Å². The van der Waals surface area contributed by atoms with Crippen molar-refractivity contribution in [2.45, 2.75) is 47.0 Å². The first kappa shape index (κ1) is 15.8. The van der Waals surface area contributed by atoms with E-state index in [0.717, 1.165) is 24.5 Å². The van der Waals surface area contributed by atoms with Crippen molar-refractivity contribution in [2.75, 3.05) is 19.8 Å². The van der Waals surface area contributed by atoms with Crippen molar-refractivity contribution >= 4 is 8.80 Å². The van der Waals surface area contributed by atoms with Crippen LogP contribution in [0.25, 0.3) is 0 Å². The fraction of sp³-hybridized carbons (Fsp3) is 0.833. The summed E-state index contributed by atoms with van der Waals surface area (Å²) in [5.74, 6) is 0. The van der Waals surface area contributed by atoms with Crippen LogP contribution in [0.1, 0.15) is 47.0 Å². The molecule has 0 fully saturated rings. The van der Waals surface area contributed by atoms with Gasteiger partial charge in [0.15, 0.2) is 0 Å². The normalized spacial score (nSPS) is 11.8. The molecule has 0 heterocycles. The molecular weight excluding hydrogens is 220 g/mol. The molecule has 0 amide bonds. The van der Waals surface area contributed by atoms with Gasteiger partial charge in [0.25, 0.3) is 0 Å².